The van der Waals surface area contributed by atoms with Crippen molar-refractivity contribution in [1.82, 2.24) is 5.32 Å². The number of carbonyl (C=O) groups excluding carboxylic acids is 1. The minimum Gasteiger partial charge on any atom is -0.482 e. The Morgan fingerprint density at radius 2 is 2.24 bits per heavy atom. The maximum Gasteiger partial charge on any atom is 0.330 e. The standard InChI is InChI=1S/C14H14N2O4S/c15-7-10-3-1-2-4-11(10)20-8-12(17)16-14(13(18)19)5-6-21-9-14/h1-4H,5-6,8-9H2,(H,16,17)(H,18,19). The minimum atomic E-state index is -1.21. The van der Waals surface area contributed by atoms with Crippen LogP contribution in [0.1, 0.15) is 12.0 Å². The van der Waals surface area contributed by atoms with E-state index in [9.17, 15) is 14.7 Å². The molecule has 7 heteroatoms. The molecule has 6 nitrogen and oxygen atoms in total. The summed E-state index contributed by atoms with van der Waals surface area (Å²) in [5.74, 6) is -0.181. The predicted molar refractivity (Wildman–Crippen MR) is 77.1 cm³/mol. The molecule has 1 unspecified atom stereocenters. The van der Waals surface area contributed by atoms with Crippen molar-refractivity contribution in [3.63, 3.8) is 0 Å². The number of nitriles is 1. The van der Waals surface area contributed by atoms with Gasteiger partial charge in [0.2, 0.25) is 0 Å². The molecule has 0 aliphatic carbocycles. The van der Waals surface area contributed by atoms with Crippen LogP contribution >= 0.6 is 11.8 Å². The Labute approximate surface area is 126 Å². The zero-order chi connectivity index (χ0) is 15.3. The van der Waals surface area contributed by atoms with Crippen molar-refractivity contribution < 1.29 is 19.4 Å². The third-order valence-electron chi connectivity index (χ3n) is 3.18. The van der Waals surface area contributed by atoms with Gasteiger partial charge in [-0.1, -0.05) is 12.1 Å². The number of aliphatic carboxylic acids is 1. The highest BCUT2D eigenvalue weighted by molar-refractivity contribution is 7.99. The summed E-state index contributed by atoms with van der Waals surface area (Å²) >= 11 is 1.49. The largest absolute Gasteiger partial charge is 0.482 e. The minimum absolute atomic E-state index is 0.306. The van der Waals surface area contributed by atoms with Gasteiger partial charge in [-0.2, -0.15) is 17.0 Å². The zero-order valence-electron chi connectivity index (χ0n) is 11.2. The maximum atomic E-state index is 11.9. The van der Waals surface area contributed by atoms with Crippen LogP contribution in [0.3, 0.4) is 0 Å². The zero-order valence-corrected chi connectivity index (χ0v) is 12.0. The first-order valence-electron chi connectivity index (χ1n) is 6.31. The molecule has 1 heterocycles. The molecule has 1 aromatic carbocycles. The predicted octanol–water partition coefficient (Wildman–Crippen LogP) is 1.01. The van der Waals surface area contributed by atoms with E-state index in [0.717, 1.165) is 0 Å². The van der Waals surface area contributed by atoms with E-state index in [-0.39, 0.29) is 6.61 Å². The Kier molecular flexibility index (Phi) is 4.70. The number of nitrogens with one attached hydrogen (secondary N) is 1. The monoisotopic (exact) mass is 306 g/mol. The van der Waals surface area contributed by atoms with Crippen molar-refractivity contribution in [2.75, 3.05) is 18.1 Å². The molecule has 2 rings (SSSR count). The van der Waals surface area contributed by atoms with E-state index in [1.165, 1.54) is 11.8 Å². The molecule has 1 amide bonds. The number of benzene rings is 1. The van der Waals surface area contributed by atoms with E-state index in [2.05, 4.69) is 5.32 Å². The quantitative estimate of drug-likeness (QED) is 0.842. The number of hydrogen-bond donors (Lipinski definition) is 2. The first kappa shape index (κ1) is 15.2. The molecule has 2 N–H and O–H groups in total. The Balaban J connectivity index is 1.96. The van der Waals surface area contributed by atoms with E-state index in [4.69, 9.17) is 10.00 Å². The Morgan fingerprint density at radius 3 is 2.86 bits per heavy atom. The molecular weight excluding hydrogens is 292 g/mol. The van der Waals surface area contributed by atoms with E-state index < -0.39 is 17.4 Å². The van der Waals surface area contributed by atoms with Gasteiger partial charge in [0, 0.05) is 5.75 Å². The molecule has 1 aromatic rings. The van der Waals surface area contributed by atoms with Gasteiger partial charge in [-0.3, -0.25) is 4.79 Å². The number of ether oxygens (including phenoxy) is 1. The highest BCUT2D eigenvalue weighted by Gasteiger charge is 2.43. The van der Waals surface area contributed by atoms with E-state index >= 15 is 0 Å². The molecule has 1 aliphatic rings. The van der Waals surface area contributed by atoms with Crippen molar-refractivity contribution >= 4 is 23.6 Å². The van der Waals surface area contributed by atoms with Gasteiger partial charge >= 0.3 is 5.97 Å². The third kappa shape index (κ3) is 3.47. The molecule has 0 bridgehead atoms. The van der Waals surface area contributed by atoms with Crippen molar-refractivity contribution in [2.24, 2.45) is 0 Å². The van der Waals surface area contributed by atoms with Gasteiger partial charge < -0.3 is 15.2 Å². The summed E-state index contributed by atoms with van der Waals surface area (Å²) in [5.41, 5.74) is -0.880. The van der Waals surface area contributed by atoms with E-state index in [1.807, 2.05) is 6.07 Å². The molecule has 0 aromatic heterocycles. The number of thioether (sulfide) groups is 1. The van der Waals surface area contributed by atoms with Crippen LogP contribution in [-0.2, 0) is 9.59 Å². The summed E-state index contributed by atoms with van der Waals surface area (Å²) in [4.78, 5) is 23.2. The molecular formula is C14H14N2O4S. The maximum absolute atomic E-state index is 11.9. The van der Waals surface area contributed by atoms with Crippen molar-refractivity contribution in [2.45, 2.75) is 12.0 Å². The molecule has 0 spiro atoms. The van der Waals surface area contributed by atoms with Gasteiger partial charge in [-0.15, -0.1) is 0 Å². The molecule has 1 atom stereocenters. The van der Waals surface area contributed by atoms with Crippen LogP contribution in [0, 0.1) is 11.3 Å². The number of carboxylic acids is 1. The molecule has 1 saturated heterocycles. The van der Waals surface area contributed by atoms with Gasteiger partial charge in [0.1, 0.15) is 17.4 Å². The average molecular weight is 306 g/mol. The van der Waals surface area contributed by atoms with Gasteiger partial charge in [-0.05, 0) is 24.3 Å². The lowest BCUT2D eigenvalue weighted by atomic mass is 9.99. The van der Waals surface area contributed by atoms with Crippen LogP contribution in [0.25, 0.3) is 0 Å². The van der Waals surface area contributed by atoms with Gasteiger partial charge in [-0.25, -0.2) is 4.79 Å². The SMILES string of the molecule is N#Cc1ccccc1OCC(=O)NC1(C(=O)O)CCSC1. The second-order valence-electron chi connectivity index (χ2n) is 4.63. The lowest BCUT2D eigenvalue weighted by molar-refractivity contribution is -0.146. The highest BCUT2D eigenvalue weighted by Crippen LogP contribution is 2.28. The molecule has 0 saturated carbocycles. The molecule has 110 valence electrons. The molecule has 0 radical (unpaired) electrons. The Morgan fingerprint density at radius 1 is 1.48 bits per heavy atom. The fourth-order valence-corrected chi connectivity index (χ4v) is 3.34. The average Bonchev–Trinajstić information content (AvgIpc) is 2.95. The summed E-state index contributed by atoms with van der Waals surface area (Å²) in [6, 6.07) is 8.52. The van der Waals surface area contributed by atoms with Gasteiger partial charge in [0.15, 0.2) is 6.61 Å². The summed E-state index contributed by atoms with van der Waals surface area (Å²) in [6.07, 6.45) is 0.396. The number of rotatable bonds is 5. The fraction of sp³-hybridized carbons (Fsp3) is 0.357. The topological polar surface area (TPSA) is 99.4 Å². The van der Waals surface area contributed by atoms with Crippen molar-refractivity contribution in [3.8, 4) is 11.8 Å². The summed E-state index contributed by atoms with van der Waals surface area (Å²) in [7, 11) is 0. The second kappa shape index (κ2) is 6.50. The van der Waals surface area contributed by atoms with Crippen LogP contribution in [0.5, 0.6) is 5.75 Å². The first-order chi connectivity index (χ1) is 10.1. The van der Waals surface area contributed by atoms with Gasteiger partial charge in [0.25, 0.3) is 5.91 Å². The molecule has 21 heavy (non-hydrogen) atoms. The summed E-state index contributed by atoms with van der Waals surface area (Å²) in [5, 5.41) is 20.7. The number of carbonyl (C=O) groups is 2. The smallest absolute Gasteiger partial charge is 0.330 e. The highest BCUT2D eigenvalue weighted by atomic mass is 32.2. The number of amides is 1. The van der Waals surface area contributed by atoms with Crippen LogP contribution in [-0.4, -0.2) is 40.6 Å². The summed E-state index contributed by atoms with van der Waals surface area (Å²) in [6.45, 7) is -0.321. The van der Waals surface area contributed by atoms with Crippen LogP contribution in [0.2, 0.25) is 0 Å². The van der Waals surface area contributed by atoms with Crippen LogP contribution < -0.4 is 10.1 Å². The molecule has 1 fully saturated rings. The van der Waals surface area contributed by atoms with Crippen LogP contribution in [0.4, 0.5) is 0 Å². The normalized spacial score (nSPS) is 20.5. The summed E-state index contributed by atoms with van der Waals surface area (Å²) < 4.78 is 5.29. The second-order valence-corrected chi connectivity index (χ2v) is 5.74. The molecule has 1 aliphatic heterocycles. The number of nitrogens with zero attached hydrogens (tertiary/aromatic N) is 1. The number of hydrogen-bond acceptors (Lipinski definition) is 5. The van der Waals surface area contributed by atoms with E-state index in [0.29, 0.717) is 29.2 Å². The van der Waals surface area contributed by atoms with Crippen molar-refractivity contribution in [3.05, 3.63) is 29.8 Å². The fourth-order valence-electron chi connectivity index (χ4n) is 2.02. The lowest BCUT2D eigenvalue weighted by Gasteiger charge is -2.24. The van der Waals surface area contributed by atoms with Crippen LogP contribution in [0.15, 0.2) is 24.3 Å². The Hall–Kier alpha value is -2.20. The van der Waals surface area contributed by atoms with Gasteiger partial charge in [0.05, 0.1) is 5.56 Å². The number of carboxylic acid groups (broad SMARTS) is 1. The Bertz CT molecular complexity index is 591. The van der Waals surface area contributed by atoms with E-state index in [1.54, 1.807) is 24.3 Å². The lowest BCUT2D eigenvalue weighted by Crippen LogP contribution is -2.55. The first-order valence-corrected chi connectivity index (χ1v) is 7.47. The van der Waals surface area contributed by atoms with Crippen molar-refractivity contribution in [1.29, 1.82) is 5.26 Å². The number of para-hydroxylation sites is 1. The third-order valence-corrected chi connectivity index (χ3v) is 4.37.